The summed E-state index contributed by atoms with van der Waals surface area (Å²) in [5.41, 5.74) is 2.36. The Morgan fingerprint density at radius 3 is 2.61 bits per heavy atom. The molecule has 2 heterocycles. The Hall–Kier alpha value is -4.07. The standard InChI is InChI=1S/C20H17N5O3/c1-14(26)23-19-10-9-16(13-22-19)8-7-15-4-2-5-17(12-15)24-20-18(25(27)28)6-3-11-21-20/h2-13H,1H3,(H,21,24)(H,22,23,26). The van der Waals surface area contributed by atoms with Gasteiger partial charge in [0.05, 0.1) is 4.92 Å². The molecule has 0 radical (unpaired) electrons. The van der Waals surface area contributed by atoms with Gasteiger partial charge in [-0.15, -0.1) is 0 Å². The number of hydrogen-bond donors (Lipinski definition) is 2. The molecule has 0 aliphatic carbocycles. The number of anilines is 3. The maximum absolute atomic E-state index is 11.1. The third-order valence-corrected chi connectivity index (χ3v) is 3.69. The summed E-state index contributed by atoms with van der Waals surface area (Å²) in [5.74, 6) is 0.507. The molecule has 8 nitrogen and oxygen atoms in total. The SMILES string of the molecule is CC(=O)Nc1ccc(C=Cc2cccc(Nc3ncccc3[N+](=O)[O-])c2)cn1. The zero-order valence-electron chi connectivity index (χ0n) is 15.0. The van der Waals surface area contributed by atoms with Crippen molar-refractivity contribution in [3.8, 4) is 0 Å². The summed E-state index contributed by atoms with van der Waals surface area (Å²) in [4.78, 5) is 29.8. The molecule has 0 unspecified atom stereocenters. The molecule has 2 aromatic heterocycles. The smallest absolute Gasteiger partial charge is 0.311 e. The molecule has 1 amide bonds. The van der Waals surface area contributed by atoms with Crippen molar-refractivity contribution in [2.24, 2.45) is 0 Å². The van der Waals surface area contributed by atoms with Crippen LogP contribution >= 0.6 is 0 Å². The maximum atomic E-state index is 11.1. The molecule has 2 N–H and O–H groups in total. The van der Waals surface area contributed by atoms with E-state index < -0.39 is 4.92 Å². The Balaban J connectivity index is 1.74. The summed E-state index contributed by atoms with van der Waals surface area (Å²) in [6, 6.07) is 13.9. The van der Waals surface area contributed by atoms with E-state index >= 15 is 0 Å². The number of nitrogens with zero attached hydrogens (tertiary/aromatic N) is 3. The molecule has 8 heteroatoms. The second-order valence-corrected chi connectivity index (χ2v) is 5.87. The van der Waals surface area contributed by atoms with Gasteiger partial charge in [-0.1, -0.05) is 24.3 Å². The van der Waals surface area contributed by atoms with E-state index in [2.05, 4.69) is 20.6 Å². The topological polar surface area (TPSA) is 110 Å². The molecule has 3 rings (SSSR count). The van der Waals surface area contributed by atoms with Gasteiger partial charge in [0.25, 0.3) is 0 Å². The van der Waals surface area contributed by atoms with Gasteiger partial charge in [0.15, 0.2) is 0 Å². The van der Waals surface area contributed by atoms with Crippen LogP contribution in [0.1, 0.15) is 18.1 Å². The predicted molar refractivity (Wildman–Crippen MR) is 108 cm³/mol. The summed E-state index contributed by atoms with van der Waals surface area (Å²) in [7, 11) is 0. The summed E-state index contributed by atoms with van der Waals surface area (Å²) < 4.78 is 0. The number of benzene rings is 1. The van der Waals surface area contributed by atoms with Crippen LogP contribution in [0.3, 0.4) is 0 Å². The van der Waals surface area contributed by atoms with Crippen molar-refractivity contribution in [3.63, 3.8) is 0 Å². The van der Waals surface area contributed by atoms with E-state index in [-0.39, 0.29) is 17.4 Å². The monoisotopic (exact) mass is 375 g/mol. The number of pyridine rings is 2. The van der Waals surface area contributed by atoms with Gasteiger partial charge in [-0.3, -0.25) is 14.9 Å². The Kier molecular flexibility index (Phi) is 5.71. The maximum Gasteiger partial charge on any atom is 0.311 e. The summed E-state index contributed by atoms with van der Waals surface area (Å²) in [6.45, 7) is 1.43. The number of aromatic nitrogens is 2. The van der Waals surface area contributed by atoms with Crippen molar-refractivity contribution >= 4 is 41.1 Å². The molecule has 0 saturated carbocycles. The predicted octanol–water partition coefficient (Wildman–Crippen LogP) is 4.26. The highest BCUT2D eigenvalue weighted by molar-refractivity contribution is 5.87. The van der Waals surface area contributed by atoms with E-state index in [1.807, 2.05) is 36.4 Å². The number of nitro groups is 1. The van der Waals surface area contributed by atoms with Crippen LogP contribution in [0.2, 0.25) is 0 Å². The van der Waals surface area contributed by atoms with E-state index in [1.54, 1.807) is 18.3 Å². The lowest BCUT2D eigenvalue weighted by atomic mass is 10.1. The molecule has 0 saturated heterocycles. The molecule has 0 spiro atoms. The van der Waals surface area contributed by atoms with Gasteiger partial charge in [-0.05, 0) is 41.5 Å². The molecular formula is C20H17N5O3. The molecule has 3 aromatic rings. The van der Waals surface area contributed by atoms with Gasteiger partial charge < -0.3 is 10.6 Å². The number of amides is 1. The van der Waals surface area contributed by atoms with E-state index in [4.69, 9.17) is 0 Å². The van der Waals surface area contributed by atoms with Gasteiger partial charge in [0, 0.05) is 31.1 Å². The third kappa shape index (κ3) is 4.98. The molecule has 0 bridgehead atoms. The van der Waals surface area contributed by atoms with Gasteiger partial charge in [0.1, 0.15) is 5.82 Å². The van der Waals surface area contributed by atoms with Crippen LogP contribution in [0.5, 0.6) is 0 Å². The largest absolute Gasteiger partial charge is 0.334 e. The van der Waals surface area contributed by atoms with Crippen LogP contribution in [0, 0.1) is 10.1 Å². The summed E-state index contributed by atoms with van der Waals surface area (Å²) in [5, 5.41) is 16.7. The average molecular weight is 375 g/mol. The summed E-state index contributed by atoms with van der Waals surface area (Å²) >= 11 is 0. The lowest BCUT2D eigenvalue weighted by molar-refractivity contribution is -0.384. The first-order valence-corrected chi connectivity index (χ1v) is 8.39. The lowest BCUT2D eigenvalue weighted by Crippen LogP contribution is -2.06. The van der Waals surface area contributed by atoms with Gasteiger partial charge in [-0.25, -0.2) is 9.97 Å². The van der Waals surface area contributed by atoms with Crippen molar-refractivity contribution in [2.45, 2.75) is 6.92 Å². The number of hydrogen-bond acceptors (Lipinski definition) is 6. The minimum absolute atomic E-state index is 0.0891. The van der Waals surface area contributed by atoms with Crippen LogP contribution in [0.25, 0.3) is 12.2 Å². The lowest BCUT2D eigenvalue weighted by Gasteiger charge is -2.06. The first kappa shape index (κ1) is 18.7. The minimum Gasteiger partial charge on any atom is -0.334 e. The normalized spacial score (nSPS) is 10.6. The van der Waals surface area contributed by atoms with Gasteiger partial charge in [-0.2, -0.15) is 0 Å². The average Bonchev–Trinajstić information content (AvgIpc) is 2.68. The van der Waals surface area contributed by atoms with E-state index in [9.17, 15) is 14.9 Å². The van der Waals surface area contributed by atoms with Crippen LogP contribution in [0.15, 0.2) is 60.9 Å². The Morgan fingerprint density at radius 1 is 1.07 bits per heavy atom. The van der Waals surface area contributed by atoms with Crippen LogP contribution in [0.4, 0.5) is 23.0 Å². The number of carbonyl (C=O) groups excluding carboxylic acids is 1. The molecule has 0 atom stereocenters. The van der Waals surface area contributed by atoms with Crippen LogP contribution < -0.4 is 10.6 Å². The fraction of sp³-hybridized carbons (Fsp3) is 0.0500. The Morgan fingerprint density at radius 2 is 1.89 bits per heavy atom. The molecular weight excluding hydrogens is 358 g/mol. The molecule has 0 aliphatic rings. The number of carbonyl (C=O) groups is 1. The van der Waals surface area contributed by atoms with E-state index in [0.29, 0.717) is 11.5 Å². The molecule has 0 fully saturated rings. The molecule has 0 aliphatic heterocycles. The first-order valence-electron chi connectivity index (χ1n) is 8.39. The van der Waals surface area contributed by atoms with Crippen molar-refractivity contribution in [2.75, 3.05) is 10.6 Å². The minimum atomic E-state index is -0.475. The van der Waals surface area contributed by atoms with Crippen LogP contribution in [-0.4, -0.2) is 20.8 Å². The highest BCUT2D eigenvalue weighted by Gasteiger charge is 2.13. The first-order chi connectivity index (χ1) is 13.5. The quantitative estimate of drug-likeness (QED) is 0.492. The fourth-order valence-electron chi connectivity index (χ4n) is 2.45. The molecule has 28 heavy (non-hydrogen) atoms. The van der Waals surface area contributed by atoms with E-state index in [1.165, 1.54) is 25.3 Å². The third-order valence-electron chi connectivity index (χ3n) is 3.69. The fourth-order valence-corrected chi connectivity index (χ4v) is 2.45. The highest BCUT2D eigenvalue weighted by Crippen LogP contribution is 2.25. The molecule has 140 valence electrons. The van der Waals surface area contributed by atoms with Crippen molar-refractivity contribution < 1.29 is 9.72 Å². The highest BCUT2D eigenvalue weighted by atomic mass is 16.6. The number of rotatable bonds is 6. The Labute approximate surface area is 161 Å². The second-order valence-electron chi connectivity index (χ2n) is 5.87. The zero-order chi connectivity index (χ0) is 19.9. The van der Waals surface area contributed by atoms with Gasteiger partial charge >= 0.3 is 5.69 Å². The van der Waals surface area contributed by atoms with Crippen molar-refractivity contribution in [1.82, 2.24) is 9.97 Å². The van der Waals surface area contributed by atoms with Gasteiger partial charge in [0.2, 0.25) is 11.7 Å². The number of nitrogens with one attached hydrogen (secondary N) is 2. The Bertz CT molecular complexity index is 1030. The van der Waals surface area contributed by atoms with Crippen molar-refractivity contribution in [3.05, 3.63) is 82.2 Å². The zero-order valence-corrected chi connectivity index (χ0v) is 15.0. The second kappa shape index (κ2) is 8.54. The van der Waals surface area contributed by atoms with Crippen molar-refractivity contribution in [1.29, 1.82) is 0 Å². The molecule has 1 aromatic carbocycles. The summed E-state index contributed by atoms with van der Waals surface area (Å²) in [6.07, 6.45) is 6.93. The van der Waals surface area contributed by atoms with E-state index in [0.717, 1.165) is 11.1 Å². The van der Waals surface area contributed by atoms with Crippen LogP contribution in [-0.2, 0) is 4.79 Å².